The molecular formula is C20H23N3O3S. The lowest BCUT2D eigenvalue weighted by molar-refractivity contribution is -0.116. The summed E-state index contributed by atoms with van der Waals surface area (Å²) in [6.45, 7) is 6.09. The second-order valence-electron chi connectivity index (χ2n) is 6.47. The average molecular weight is 385 g/mol. The Bertz CT molecular complexity index is 1110. The maximum absolute atomic E-state index is 12.8. The molecule has 142 valence electrons. The molecule has 0 aliphatic rings. The summed E-state index contributed by atoms with van der Waals surface area (Å²) in [7, 11) is 0. The molecule has 1 amide bonds. The van der Waals surface area contributed by atoms with Crippen LogP contribution in [0.4, 0.5) is 5.69 Å². The van der Waals surface area contributed by atoms with Crippen molar-refractivity contribution in [1.82, 2.24) is 9.13 Å². The average Bonchev–Trinajstić information content (AvgIpc) is 3.14. The van der Waals surface area contributed by atoms with Gasteiger partial charge in [0.25, 0.3) is 5.56 Å². The van der Waals surface area contributed by atoms with E-state index in [9.17, 15) is 14.4 Å². The number of nitrogens with one attached hydrogen (secondary N) is 1. The van der Waals surface area contributed by atoms with Crippen molar-refractivity contribution in [2.75, 3.05) is 5.32 Å². The molecule has 0 saturated heterocycles. The topological polar surface area (TPSA) is 73.1 Å². The van der Waals surface area contributed by atoms with E-state index in [4.69, 9.17) is 0 Å². The zero-order chi connectivity index (χ0) is 19.6. The van der Waals surface area contributed by atoms with Gasteiger partial charge < -0.3 is 5.32 Å². The first-order valence-electron chi connectivity index (χ1n) is 9.07. The molecule has 3 rings (SSSR count). The molecule has 7 heteroatoms. The van der Waals surface area contributed by atoms with Crippen molar-refractivity contribution in [3.63, 3.8) is 0 Å². The summed E-state index contributed by atoms with van der Waals surface area (Å²) in [5.74, 6) is -0.282. The first kappa shape index (κ1) is 19.1. The van der Waals surface area contributed by atoms with Crippen LogP contribution in [0.5, 0.6) is 0 Å². The van der Waals surface area contributed by atoms with E-state index in [1.165, 1.54) is 20.5 Å². The number of aromatic nitrogens is 2. The number of nitrogens with zero attached hydrogens (tertiary/aromatic N) is 2. The van der Waals surface area contributed by atoms with E-state index in [1.807, 2.05) is 39.0 Å². The van der Waals surface area contributed by atoms with Gasteiger partial charge in [-0.3, -0.25) is 18.7 Å². The molecule has 0 radical (unpaired) electrons. The number of carbonyl (C=O) groups is 1. The third kappa shape index (κ3) is 3.60. The largest absolute Gasteiger partial charge is 0.332 e. The Morgan fingerprint density at radius 3 is 2.63 bits per heavy atom. The highest BCUT2D eigenvalue weighted by molar-refractivity contribution is 7.17. The van der Waals surface area contributed by atoms with Crippen LogP contribution in [0.2, 0.25) is 0 Å². The van der Waals surface area contributed by atoms with Crippen molar-refractivity contribution in [2.45, 2.75) is 46.7 Å². The van der Waals surface area contributed by atoms with Crippen LogP contribution >= 0.6 is 11.3 Å². The fraction of sp³-hybridized carbons (Fsp3) is 0.350. The molecule has 0 spiro atoms. The number of rotatable bonds is 6. The van der Waals surface area contributed by atoms with E-state index in [0.717, 1.165) is 23.2 Å². The van der Waals surface area contributed by atoms with Crippen molar-refractivity contribution < 1.29 is 4.79 Å². The van der Waals surface area contributed by atoms with Gasteiger partial charge in [0.1, 0.15) is 11.2 Å². The Labute approximate surface area is 161 Å². The molecule has 0 aliphatic carbocycles. The van der Waals surface area contributed by atoms with Crippen molar-refractivity contribution in [3.05, 3.63) is 61.6 Å². The third-order valence-electron chi connectivity index (χ3n) is 4.59. The van der Waals surface area contributed by atoms with Gasteiger partial charge in [-0.25, -0.2) is 4.79 Å². The van der Waals surface area contributed by atoms with Crippen LogP contribution < -0.4 is 16.6 Å². The summed E-state index contributed by atoms with van der Waals surface area (Å²) >= 11 is 1.29. The smallest absolute Gasteiger partial charge is 0.324 e. The number of anilines is 1. The van der Waals surface area contributed by atoms with Crippen LogP contribution in [0.25, 0.3) is 10.2 Å². The number of hydrogen-bond donors (Lipinski definition) is 1. The second kappa shape index (κ2) is 7.92. The summed E-state index contributed by atoms with van der Waals surface area (Å²) in [5.41, 5.74) is 2.61. The molecule has 0 saturated carbocycles. The molecule has 1 aromatic carbocycles. The number of fused-ring (bicyclic) bond motifs is 1. The van der Waals surface area contributed by atoms with Crippen molar-refractivity contribution in [2.24, 2.45) is 0 Å². The molecule has 6 nitrogen and oxygen atoms in total. The lowest BCUT2D eigenvalue weighted by Crippen LogP contribution is -2.41. The number of thiophene rings is 1. The van der Waals surface area contributed by atoms with Gasteiger partial charge in [-0.2, -0.15) is 0 Å². The summed E-state index contributed by atoms with van der Waals surface area (Å²) in [6.07, 6.45) is 1.47. The van der Waals surface area contributed by atoms with E-state index in [2.05, 4.69) is 5.32 Å². The lowest BCUT2D eigenvalue weighted by Gasteiger charge is -2.15. The van der Waals surface area contributed by atoms with Gasteiger partial charge in [0.15, 0.2) is 0 Å². The molecule has 3 aromatic rings. The number of benzene rings is 1. The predicted molar refractivity (Wildman–Crippen MR) is 110 cm³/mol. The predicted octanol–water partition coefficient (Wildman–Crippen LogP) is 3.14. The fourth-order valence-corrected chi connectivity index (χ4v) is 4.07. The van der Waals surface area contributed by atoms with Gasteiger partial charge in [-0.1, -0.05) is 32.0 Å². The summed E-state index contributed by atoms with van der Waals surface area (Å²) in [4.78, 5) is 38.1. The minimum Gasteiger partial charge on any atom is -0.324 e. The molecule has 1 N–H and O–H groups in total. The zero-order valence-corrected chi connectivity index (χ0v) is 16.6. The van der Waals surface area contributed by atoms with E-state index in [-0.39, 0.29) is 18.0 Å². The van der Waals surface area contributed by atoms with Crippen LogP contribution in [-0.4, -0.2) is 15.0 Å². The van der Waals surface area contributed by atoms with E-state index < -0.39 is 5.69 Å². The Hall–Kier alpha value is -2.67. The Morgan fingerprint density at radius 2 is 1.93 bits per heavy atom. The molecular weight excluding hydrogens is 362 g/mol. The third-order valence-corrected chi connectivity index (χ3v) is 5.48. The Kier molecular flexibility index (Phi) is 5.60. The lowest BCUT2D eigenvalue weighted by atomic mass is 10.1. The number of amides is 1. The van der Waals surface area contributed by atoms with Gasteiger partial charge in [0.05, 0.1) is 5.52 Å². The van der Waals surface area contributed by atoms with Crippen molar-refractivity contribution in [3.8, 4) is 0 Å². The summed E-state index contributed by atoms with van der Waals surface area (Å²) in [5, 5.41) is 4.72. The Balaban J connectivity index is 2.00. The van der Waals surface area contributed by atoms with E-state index >= 15 is 0 Å². The molecule has 0 atom stereocenters. The fourth-order valence-electron chi connectivity index (χ4n) is 3.23. The van der Waals surface area contributed by atoms with Crippen LogP contribution in [-0.2, 0) is 24.3 Å². The van der Waals surface area contributed by atoms with Gasteiger partial charge in [-0.15, -0.1) is 11.3 Å². The van der Waals surface area contributed by atoms with Crippen molar-refractivity contribution in [1.29, 1.82) is 0 Å². The number of para-hydroxylation sites is 1. The molecule has 0 aliphatic heterocycles. The van der Waals surface area contributed by atoms with Crippen LogP contribution in [0.15, 0.2) is 39.2 Å². The highest BCUT2D eigenvalue weighted by atomic mass is 32.1. The summed E-state index contributed by atoms with van der Waals surface area (Å²) in [6, 6.07) is 7.61. The van der Waals surface area contributed by atoms with Gasteiger partial charge >= 0.3 is 5.69 Å². The maximum Gasteiger partial charge on any atom is 0.332 e. The quantitative estimate of drug-likeness (QED) is 0.708. The Morgan fingerprint density at radius 1 is 1.15 bits per heavy atom. The SMILES string of the molecule is CCCn1c(=O)c2sccc2n(CC(=O)Nc2c(C)cccc2CC)c1=O. The van der Waals surface area contributed by atoms with Crippen LogP contribution in [0, 0.1) is 6.92 Å². The normalized spacial score (nSPS) is 11.1. The molecule has 27 heavy (non-hydrogen) atoms. The minimum atomic E-state index is -0.441. The van der Waals surface area contributed by atoms with Crippen LogP contribution in [0.1, 0.15) is 31.4 Å². The first-order chi connectivity index (χ1) is 13.0. The highest BCUT2D eigenvalue weighted by Gasteiger charge is 2.17. The molecule has 2 aromatic heterocycles. The van der Waals surface area contributed by atoms with Gasteiger partial charge in [0.2, 0.25) is 5.91 Å². The van der Waals surface area contributed by atoms with Gasteiger partial charge in [-0.05, 0) is 42.3 Å². The number of aryl methyl sites for hydroxylation is 2. The van der Waals surface area contributed by atoms with Crippen LogP contribution in [0.3, 0.4) is 0 Å². The molecule has 0 bridgehead atoms. The maximum atomic E-state index is 12.8. The van der Waals surface area contributed by atoms with Crippen molar-refractivity contribution >= 4 is 33.1 Å². The zero-order valence-electron chi connectivity index (χ0n) is 15.7. The number of hydrogen-bond acceptors (Lipinski definition) is 4. The van der Waals surface area contributed by atoms with Gasteiger partial charge in [0, 0.05) is 12.2 Å². The molecule has 0 unspecified atom stereocenters. The summed E-state index contributed by atoms with van der Waals surface area (Å²) < 4.78 is 3.11. The van der Waals surface area contributed by atoms with E-state index in [0.29, 0.717) is 23.2 Å². The van der Waals surface area contributed by atoms with E-state index in [1.54, 1.807) is 11.4 Å². The monoisotopic (exact) mass is 385 g/mol. The standard InChI is InChI=1S/C20H23N3O3S/c1-4-10-22-19(25)18-15(9-11-27-18)23(20(22)26)12-16(24)21-17-13(3)7-6-8-14(17)5-2/h6-9,11H,4-5,10,12H2,1-3H3,(H,21,24). The first-order valence-corrected chi connectivity index (χ1v) is 9.95. The number of carbonyl (C=O) groups excluding carboxylic acids is 1. The highest BCUT2D eigenvalue weighted by Crippen LogP contribution is 2.21. The molecule has 0 fully saturated rings. The second-order valence-corrected chi connectivity index (χ2v) is 7.39. The molecule has 2 heterocycles. The minimum absolute atomic E-state index is 0.131.